The molecule has 27 heavy (non-hydrogen) atoms. The van der Waals surface area contributed by atoms with Gasteiger partial charge in [0.1, 0.15) is 0 Å². The van der Waals surface area contributed by atoms with Crippen LogP contribution in [0.3, 0.4) is 0 Å². The summed E-state index contributed by atoms with van der Waals surface area (Å²) in [6, 6.07) is 0. The summed E-state index contributed by atoms with van der Waals surface area (Å²) < 4.78 is 12.6. The van der Waals surface area contributed by atoms with Crippen molar-refractivity contribution < 1.29 is 9.47 Å². The Morgan fingerprint density at radius 3 is 2.59 bits per heavy atom. The molecule has 2 aliphatic heterocycles. The summed E-state index contributed by atoms with van der Waals surface area (Å²) in [6.07, 6.45) is 20.7. The second kappa shape index (κ2) is 9.78. The highest BCUT2D eigenvalue weighted by Crippen LogP contribution is 2.45. The van der Waals surface area contributed by atoms with Crippen LogP contribution in [0.25, 0.3) is 0 Å². The smallest absolute Gasteiger partial charge is 0.174 e. The molecule has 0 spiro atoms. The third kappa shape index (κ3) is 5.17. The summed E-state index contributed by atoms with van der Waals surface area (Å²) in [7, 11) is 0. The van der Waals surface area contributed by atoms with Crippen molar-refractivity contribution in [1.29, 1.82) is 0 Å². The summed E-state index contributed by atoms with van der Waals surface area (Å²) in [5.74, 6) is 2.04. The first-order chi connectivity index (χ1) is 13.4. The summed E-state index contributed by atoms with van der Waals surface area (Å²) >= 11 is 0. The lowest BCUT2D eigenvalue weighted by molar-refractivity contribution is -0.00340. The van der Waals surface area contributed by atoms with Crippen LogP contribution < -0.4 is 0 Å². The van der Waals surface area contributed by atoms with E-state index in [1.54, 1.807) is 0 Å². The van der Waals surface area contributed by atoms with E-state index in [9.17, 15) is 0 Å². The maximum absolute atomic E-state index is 6.39. The minimum atomic E-state index is 0.442. The van der Waals surface area contributed by atoms with E-state index in [-0.39, 0.29) is 0 Å². The molecule has 1 aromatic rings. The van der Waals surface area contributed by atoms with E-state index in [2.05, 4.69) is 32.8 Å². The third-order valence-corrected chi connectivity index (χ3v) is 6.65. The van der Waals surface area contributed by atoms with Crippen molar-refractivity contribution in [1.82, 2.24) is 20.6 Å². The Morgan fingerprint density at radius 1 is 1.00 bits per heavy atom. The molecule has 3 aliphatic rings. The number of aryl methyl sites for hydroxylation is 1. The Labute approximate surface area is 162 Å². The van der Waals surface area contributed by atoms with Crippen LogP contribution in [0.1, 0.15) is 76.5 Å². The van der Waals surface area contributed by atoms with Gasteiger partial charge in [-0.1, -0.05) is 43.0 Å². The Hall–Kier alpha value is -1.27. The highest BCUT2D eigenvalue weighted by Gasteiger charge is 2.48. The van der Waals surface area contributed by atoms with Crippen LogP contribution >= 0.6 is 0 Å². The van der Waals surface area contributed by atoms with Crippen LogP contribution in [0.2, 0.25) is 0 Å². The van der Waals surface area contributed by atoms with E-state index in [0.717, 1.165) is 38.1 Å². The minimum Gasteiger partial charge on any atom is -0.378 e. The zero-order valence-corrected chi connectivity index (χ0v) is 16.4. The molecule has 1 aliphatic carbocycles. The van der Waals surface area contributed by atoms with Gasteiger partial charge in [0.25, 0.3) is 0 Å². The lowest BCUT2D eigenvalue weighted by atomic mass is 9.78. The van der Waals surface area contributed by atoms with Gasteiger partial charge in [0.2, 0.25) is 0 Å². The normalized spacial score (nSPS) is 31.7. The molecule has 3 heterocycles. The first-order valence-electron chi connectivity index (χ1n) is 11.0. The first kappa shape index (κ1) is 19.1. The third-order valence-electron chi connectivity index (χ3n) is 6.65. The molecular weight excluding hydrogens is 340 g/mol. The molecule has 1 aromatic heterocycles. The highest BCUT2D eigenvalue weighted by atomic mass is 16.5. The number of unbranched alkanes of at least 4 members (excludes halogenated alkanes) is 1. The van der Waals surface area contributed by atoms with Crippen LogP contribution in [0.5, 0.6) is 0 Å². The molecule has 150 valence electrons. The van der Waals surface area contributed by atoms with E-state index in [0.29, 0.717) is 30.1 Å². The van der Waals surface area contributed by atoms with Gasteiger partial charge in [0, 0.05) is 12.3 Å². The first-order valence-corrected chi connectivity index (χ1v) is 11.0. The molecule has 0 radical (unpaired) electrons. The molecule has 0 amide bonds. The number of ether oxygens (including phenoxy) is 2. The molecule has 1 N–H and O–H groups in total. The van der Waals surface area contributed by atoms with Gasteiger partial charge in [-0.15, -0.1) is 10.2 Å². The monoisotopic (exact) mass is 374 g/mol. The zero-order chi connectivity index (χ0) is 18.3. The van der Waals surface area contributed by atoms with E-state index in [4.69, 9.17) is 9.47 Å². The van der Waals surface area contributed by atoms with Gasteiger partial charge >= 0.3 is 0 Å². The van der Waals surface area contributed by atoms with Crippen molar-refractivity contribution in [3.05, 3.63) is 18.0 Å². The number of fused-ring (bicyclic) bond motifs is 2. The quantitative estimate of drug-likeness (QED) is 0.402. The number of aromatic nitrogens is 4. The second-order valence-electron chi connectivity index (χ2n) is 8.49. The van der Waals surface area contributed by atoms with Crippen molar-refractivity contribution in [2.75, 3.05) is 6.61 Å². The van der Waals surface area contributed by atoms with Crippen molar-refractivity contribution in [3.8, 4) is 0 Å². The molecule has 4 atom stereocenters. The summed E-state index contributed by atoms with van der Waals surface area (Å²) in [4.78, 5) is 0. The lowest BCUT2D eigenvalue weighted by Gasteiger charge is -2.28. The van der Waals surface area contributed by atoms with Crippen LogP contribution in [-0.4, -0.2) is 45.5 Å². The van der Waals surface area contributed by atoms with Crippen molar-refractivity contribution in [3.63, 3.8) is 0 Å². The van der Waals surface area contributed by atoms with Gasteiger partial charge in [0.15, 0.2) is 5.82 Å². The Balaban J connectivity index is 1.20. The fraction of sp³-hybridized carbons (Fsp3) is 0.857. The Bertz CT molecular complexity index is 569. The number of allylic oxidation sites excluding steroid dienone is 2. The Morgan fingerprint density at radius 2 is 1.81 bits per heavy atom. The fourth-order valence-electron chi connectivity index (χ4n) is 5.12. The molecule has 4 rings (SSSR count). The summed E-state index contributed by atoms with van der Waals surface area (Å²) in [5, 5.41) is 14.1. The van der Waals surface area contributed by atoms with Gasteiger partial charge in [-0.2, -0.15) is 5.21 Å². The van der Waals surface area contributed by atoms with Gasteiger partial charge in [-0.05, 0) is 50.9 Å². The molecule has 6 nitrogen and oxygen atoms in total. The van der Waals surface area contributed by atoms with E-state index in [1.165, 1.54) is 51.4 Å². The van der Waals surface area contributed by atoms with Crippen molar-refractivity contribution in [2.45, 2.75) is 95.4 Å². The lowest BCUT2D eigenvalue weighted by Crippen LogP contribution is -2.32. The molecular formula is C21H34N4O2. The summed E-state index contributed by atoms with van der Waals surface area (Å²) in [6.45, 7) is 0.905. The van der Waals surface area contributed by atoms with Crippen LogP contribution in [-0.2, 0) is 15.9 Å². The molecule has 0 aromatic carbocycles. The summed E-state index contributed by atoms with van der Waals surface area (Å²) in [5.41, 5.74) is 0. The molecule has 1 saturated carbocycles. The topological polar surface area (TPSA) is 72.9 Å². The van der Waals surface area contributed by atoms with Gasteiger partial charge < -0.3 is 9.47 Å². The predicted molar refractivity (Wildman–Crippen MR) is 103 cm³/mol. The van der Waals surface area contributed by atoms with Crippen molar-refractivity contribution in [2.24, 2.45) is 11.8 Å². The van der Waals surface area contributed by atoms with Crippen LogP contribution in [0, 0.1) is 11.8 Å². The standard InChI is InChI=1S/C21H34N4O2/c1-2-6-10-16(9-5-1)26-15-18-17(19-13-14-20(18)27-19)11-7-3-4-8-12-21-22-24-25-23-21/h3,7,16-20H,1-2,4-6,8-15H2,(H,22,23,24,25)/t17-,18+,19-,20+/m0/s1. The number of H-pyrrole nitrogens is 1. The number of nitrogens with one attached hydrogen (secondary N) is 1. The minimum absolute atomic E-state index is 0.442. The van der Waals surface area contributed by atoms with E-state index in [1.807, 2.05) is 0 Å². The zero-order valence-electron chi connectivity index (χ0n) is 16.4. The van der Waals surface area contributed by atoms with Gasteiger partial charge in [-0.3, -0.25) is 0 Å². The number of aromatic amines is 1. The number of hydrogen-bond donors (Lipinski definition) is 1. The predicted octanol–water partition coefficient (Wildman–Crippen LogP) is 4.00. The number of tetrazole rings is 1. The number of nitrogens with zero attached hydrogens (tertiary/aromatic N) is 3. The number of rotatable bonds is 9. The molecule has 0 unspecified atom stereocenters. The van der Waals surface area contributed by atoms with E-state index < -0.39 is 0 Å². The average Bonchev–Trinajstić information content (AvgIpc) is 3.38. The largest absolute Gasteiger partial charge is 0.378 e. The molecule has 2 bridgehead atoms. The fourth-order valence-corrected chi connectivity index (χ4v) is 5.12. The molecule has 3 fully saturated rings. The maximum atomic E-state index is 6.39. The average molecular weight is 375 g/mol. The van der Waals surface area contributed by atoms with Crippen molar-refractivity contribution >= 4 is 0 Å². The van der Waals surface area contributed by atoms with Gasteiger partial charge in [0.05, 0.1) is 24.9 Å². The van der Waals surface area contributed by atoms with Gasteiger partial charge in [-0.25, -0.2) is 0 Å². The number of hydrogen-bond acceptors (Lipinski definition) is 5. The molecule has 6 heteroatoms. The highest BCUT2D eigenvalue weighted by molar-refractivity contribution is 5.00. The molecule has 2 saturated heterocycles. The second-order valence-corrected chi connectivity index (χ2v) is 8.49. The Kier molecular flexibility index (Phi) is 6.91. The van der Waals surface area contributed by atoms with Crippen LogP contribution in [0.15, 0.2) is 12.2 Å². The van der Waals surface area contributed by atoms with Crippen LogP contribution in [0.4, 0.5) is 0 Å². The van der Waals surface area contributed by atoms with E-state index >= 15 is 0 Å². The maximum Gasteiger partial charge on any atom is 0.174 e. The SMILES string of the molecule is C(=CC[C@H]1[C@@H](COC2CCCCCC2)[C@H]2CC[C@@H]1O2)CCCc1nn[nH]n1.